The number of amides is 1. The number of benzene rings is 1. The quantitative estimate of drug-likeness (QED) is 0.818. The molecule has 1 saturated carbocycles. The molecule has 3 N–H and O–H groups in total. The summed E-state index contributed by atoms with van der Waals surface area (Å²) in [6.07, 6.45) is 7.66. The molecule has 1 aromatic rings. The van der Waals surface area contributed by atoms with Crippen LogP contribution >= 0.6 is 0 Å². The number of hydrogen-bond acceptors (Lipinski definition) is 2. The second-order valence-electron chi connectivity index (χ2n) is 6.36. The van der Waals surface area contributed by atoms with Gasteiger partial charge in [-0.1, -0.05) is 56.5 Å². The van der Waals surface area contributed by atoms with Gasteiger partial charge in [-0.25, -0.2) is 0 Å². The van der Waals surface area contributed by atoms with Crippen LogP contribution in [-0.2, 0) is 11.2 Å². The van der Waals surface area contributed by atoms with Crippen LogP contribution in [0, 0.1) is 5.92 Å². The van der Waals surface area contributed by atoms with Gasteiger partial charge in [-0.15, -0.1) is 0 Å². The van der Waals surface area contributed by atoms with Gasteiger partial charge in [-0.05, 0) is 37.2 Å². The zero-order valence-corrected chi connectivity index (χ0v) is 13.1. The first-order valence-electron chi connectivity index (χ1n) is 8.26. The number of nitrogens with one attached hydrogen (secondary N) is 1. The van der Waals surface area contributed by atoms with E-state index < -0.39 is 6.04 Å². The molecule has 0 bridgehead atoms. The van der Waals surface area contributed by atoms with Gasteiger partial charge in [0.25, 0.3) is 0 Å². The van der Waals surface area contributed by atoms with Crippen LogP contribution in [0.5, 0.6) is 0 Å². The van der Waals surface area contributed by atoms with E-state index >= 15 is 0 Å². The van der Waals surface area contributed by atoms with Crippen molar-refractivity contribution in [3.8, 4) is 0 Å². The van der Waals surface area contributed by atoms with Gasteiger partial charge in [0.2, 0.25) is 5.91 Å². The van der Waals surface area contributed by atoms with Crippen LogP contribution in [-0.4, -0.2) is 18.0 Å². The van der Waals surface area contributed by atoms with Crippen molar-refractivity contribution in [2.45, 2.75) is 64.0 Å². The van der Waals surface area contributed by atoms with Gasteiger partial charge < -0.3 is 11.1 Å². The SMILES string of the molecule is CC1CCCCCC1NC(=O)C(N)CCc1ccccc1. The highest BCUT2D eigenvalue weighted by atomic mass is 16.2. The Morgan fingerprint density at radius 1 is 1.24 bits per heavy atom. The minimum absolute atomic E-state index is 0.0182. The number of carbonyl (C=O) groups excluding carboxylic acids is 1. The molecular weight excluding hydrogens is 260 g/mol. The third-order valence-electron chi connectivity index (χ3n) is 4.61. The Kier molecular flexibility index (Phi) is 6.24. The predicted octanol–water partition coefficient (Wildman–Crippen LogP) is 3.03. The van der Waals surface area contributed by atoms with Crippen LogP contribution in [0.25, 0.3) is 0 Å². The maximum absolute atomic E-state index is 12.3. The highest BCUT2D eigenvalue weighted by molar-refractivity contribution is 5.81. The van der Waals surface area contributed by atoms with E-state index in [1.54, 1.807) is 0 Å². The van der Waals surface area contributed by atoms with Crippen molar-refractivity contribution in [3.05, 3.63) is 35.9 Å². The number of hydrogen-bond donors (Lipinski definition) is 2. The molecule has 3 nitrogen and oxygen atoms in total. The summed E-state index contributed by atoms with van der Waals surface area (Å²) in [6, 6.07) is 10.1. The molecule has 1 amide bonds. The average molecular weight is 288 g/mol. The maximum atomic E-state index is 12.3. The molecule has 1 aromatic carbocycles. The Bertz CT molecular complexity index is 432. The minimum Gasteiger partial charge on any atom is -0.352 e. The van der Waals surface area contributed by atoms with E-state index in [0.29, 0.717) is 18.4 Å². The summed E-state index contributed by atoms with van der Waals surface area (Å²) in [7, 11) is 0. The highest BCUT2D eigenvalue weighted by Crippen LogP contribution is 2.23. The second-order valence-corrected chi connectivity index (χ2v) is 6.36. The normalized spacial score (nSPS) is 24.1. The van der Waals surface area contributed by atoms with E-state index in [1.165, 1.54) is 31.2 Å². The fourth-order valence-corrected chi connectivity index (χ4v) is 3.10. The molecule has 0 aliphatic heterocycles. The fourth-order valence-electron chi connectivity index (χ4n) is 3.10. The minimum atomic E-state index is -0.402. The molecule has 21 heavy (non-hydrogen) atoms. The van der Waals surface area contributed by atoms with Gasteiger partial charge >= 0.3 is 0 Å². The van der Waals surface area contributed by atoms with Crippen molar-refractivity contribution >= 4 is 5.91 Å². The lowest BCUT2D eigenvalue weighted by atomic mass is 9.96. The van der Waals surface area contributed by atoms with Gasteiger partial charge in [0, 0.05) is 6.04 Å². The molecule has 0 spiro atoms. The fraction of sp³-hybridized carbons (Fsp3) is 0.611. The summed E-state index contributed by atoms with van der Waals surface area (Å²) in [5.41, 5.74) is 7.29. The Morgan fingerprint density at radius 2 is 1.95 bits per heavy atom. The van der Waals surface area contributed by atoms with E-state index in [2.05, 4.69) is 24.4 Å². The van der Waals surface area contributed by atoms with Crippen LogP contribution in [0.2, 0.25) is 0 Å². The number of rotatable bonds is 5. The topological polar surface area (TPSA) is 55.1 Å². The van der Waals surface area contributed by atoms with Crippen LogP contribution in [0.15, 0.2) is 30.3 Å². The van der Waals surface area contributed by atoms with Crippen LogP contribution < -0.4 is 11.1 Å². The average Bonchev–Trinajstić information content (AvgIpc) is 2.71. The highest BCUT2D eigenvalue weighted by Gasteiger charge is 2.23. The van der Waals surface area contributed by atoms with E-state index in [0.717, 1.165) is 12.8 Å². The Morgan fingerprint density at radius 3 is 2.71 bits per heavy atom. The monoisotopic (exact) mass is 288 g/mol. The van der Waals surface area contributed by atoms with Gasteiger partial charge in [0.15, 0.2) is 0 Å². The molecule has 1 aliphatic carbocycles. The number of aryl methyl sites for hydroxylation is 1. The summed E-state index contributed by atoms with van der Waals surface area (Å²) in [5.74, 6) is 0.586. The molecule has 1 fully saturated rings. The third kappa shape index (κ3) is 5.16. The molecule has 3 heteroatoms. The molecule has 116 valence electrons. The molecule has 3 unspecified atom stereocenters. The number of carbonyl (C=O) groups is 1. The Hall–Kier alpha value is -1.35. The van der Waals surface area contributed by atoms with Crippen molar-refractivity contribution in [2.24, 2.45) is 11.7 Å². The van der Waals surface area contributed by atoms with Crippen molar-refractivity contribution in [1.29, 1.82) is 0 Å². The van der Waals surface area contributed by atoms with Crippen LogP contribution in [0.4, 0.5) is 0 Å². The zero-order valence-electron chi connectivity index (χ0n) is 13.1. The second kappa shape index (κ2) is 8.18. The Labute approximate surface area is 128 Å². The molecule has 2 rings (SSSR count). The van der Waals surface area contributed by atoms with Crippen molar-refractivity contribution in [1.82, 2.24) is 5.32 Å². The summed E-state index contributed by atoms with van der Waals surface area (Å²) in [6.45, 7) is 2.24. The first-order chi connectivity index (χ1) is 10.2. The van der Waals surface area contributed by atoms with Gasteiger partial charge in [0.1, 0.15) is 0 Å². The molecule has 1 aliphatic rings. The standard InChI is InChI=1S/C18H28N2O/c1-14-8-4-2-7-11-17(14)20-18(21)16(19)13-12-15-9-5-3-6-10-15/h3,5-6,9-10,14,16-17H,2,4,7-8,11-13,19H2,1H3,(H,20,21). The zero-order chi connectivity index (χ0) is 15.1. The van der Waals surface area contributed by atoms with E-state index in [4.69, 9.17) is 5.73 Å². The predicted molar refractivity (Wildman–Crippen MR) is 86.9 cm³/mol. The van der Waals surface area contributed by atoms with Crippen molar-refractivity contribution in [2.75, 3.05) is 0 Å². The largest absolute Gasteiger partial charge is 0.352 e. The van der Waals surface area contributed by atoms with Crippen LogP contribution in [0.3, 0.4) is 0 Å². The number of nitrogens with two attached hydrogens (primary N) is 1. The molecule has 0 heterocycles. The summed E-state index contributed by atoms with van der Waals surface area (Å²) in [5, 5.41) is 3.18. The first kappa shape index (κ1) is 16.0. The maximum Gasteiger partial charge on any atom is 0.237 e. The smallest absolute Gasteiger partial charge is 0.237 e. The molecule has 0 saturated heterocycles. The van der Waals surface area contributed by atoms with E-state index in [9.17, 15) is 4.79 Å². The summed E-state index contributed by atoms with van der Waals surface area (Å²) >= 11 is 0. The lowest BCUT2D eigenvalue weighted by Crippen LogP contribution is -2.47. The first-order valence-corrected chi connectivity index (χ1v) is 8.26. The van der Waals surface area contributed by atoms with E-state index in [-0.39, 0.29) is 5.91 Å². The molecule has 0 aromatic heterocycles. The molecule has 0 radical (unpaired) electrons. The molecular formula is C18H28N2O. The van der Waals surface area contributed by atoms with Gasteiger partial charge in [-0.3, -0.25) is 4.79 Å². The van der Waals surface area contributed by atoms with Crippen LogP contribution in [0.1, 0.15) is 51.0 Å². The molecule has 3 atom stereocenters. The lowest BCUT2D eigenvalue weighted by molar-refractivity contribution is -0.123. The summed E-state index contributed by atoms with van der Waals surface area (Å²) < 4.78 is 0. The summed E-state index contributed by atoms with van der Waals surface area (Å²) in [4.78, 5) is 12.3. The Balaban J connectivity index is 1.79. The van der Waals surface area contributed by atoms with Gasteiger partial charge in [-0.2, -0.15) is 0 Å². The van der Waals surface area contributed by atoms with Crippen molar-refractivity contribution in [3.63, 3.8) is 0 Å². The lowest BCUT2D eigenvalue weighted by Gasteiger charge is -2.24. The third-order valence-corrected chi connectivity index (χ3v) is 4.61. The van der Waals surface area contributed by atoms with Gasteiger partial charge in [0.05, 0.1) is 6.04 Å². The van der Waals surface area contributed by atoms with Crippen molar-refractivity contribution < 1.29 is 4.79 Å². The van der Waals surface area contributed by atoms with E-state index in [1.807, 2.05) is 18.2 Å².